The fourth-order valence-electron chi connectivity index (χ4n) is 15.6. The Morgan fingerprint density at radius 1 is 0.221 bits per heavy atom. The standard InChI is InChI=1S/C79H45N7/c1-80-74-78(84-66-36-15-6-25-53(66)54-26-7-16-37-67(54)84)76(73-59-31-20-30-58-57-29-10-19-40-70(57)86(75(58)59)77(73)79(74)85-68-38-17-8-27-55(68)56-28-9-18-39-69(56)85)83-71-43-41-47(81-62-32-11-2-21-49(62)50-22-3-12-33-63(50)81)45-60(71)61-46-48(42-44-72(61)83)82-64-34-13-4-23-51(64)52-24-5-14-35-65(52)82/h2-46H. The van der Waals surface area contributed by atoms with Crippen LogP contribution in [0, 0.1) is 6.57 Å². The van der Waals surface area contributed by atoms with Crippen molar-refractivity contribution in [2.24, 2.45) is 0 Å². The van der Waals surface area contributed by atoms with E-state index in [2.05, 4.69) is 300 Å². The van der Waals surface area contributed by atoms with Gasteiger partial charge in [-0.1, -0.05) is 182 Å². The molecule has 7 aromatic heterocycles. The molecule has 0 bridgehead atoms. The highest BCUT2D eigenvalue weighted by Gasteiger charge is 2.34. The average molecular weight is 1090 g/mol. The Hall–Kier alpha value is -11.9. The van der Waals surface area contributed by atoms with Gasteiger partial charge in [0, 0.05) is 86.8 Å². The molecule has 0 radical (unpaired) electrons. The summed E-state index contributed by atoms with van der Waals surface area (Å²) in [5, 5.41) is 16.1. The van der Waals surface area contributed by atoms with Crippen LogP contribution in [0.4, 0.5) is 5.69 Å². The van der Waals surface area contributed by atoms with Crippen LogP contribution in [-0.2, 0) is 0 Å². The molecule has 7 nitrogen and oxygen atoms in total. The summed E-state index contributed by atoms with van der Waals surface area (Å²) in [7, 11) is 0. The van der Waals surface area contributed by atoms with Crippen LogP contribution in [0.15, 0.2) is 273 Å². The van der Waals surface area contributed by atoms with Gasteiger partial charge in [0.25, 0.3) is 0 Å². The second-order valence-electron chi connectivity index (χ2n) is 23.0. The van der Waals surface area contributed by atoms with Gasteiger partial charge >= 0.3 is 0 Å². The minimum Gasteiger partial charge on any atom is -0.317 e. The molecule has 0 saturated heterocycles. The van der Waals surface area contributed by atoms with Crippen molar-refractivity contribution in [3.63, 3.8) is 0 Å². The highest BCUT2D eigenvalue weighted by Crippen LogP contribution is 2.54. The minimum absolute atomic E-state index is 0.550. The molecule has 0 unspecified atom stereocenters. The topological polar surface area (TPSA) is 33.4 Å². The van der Waals surface area contributed by atoms with Crippen LogP contribution in [0.25, 0.3) is 180 Å². The van der Waals surface area contributed by atoms with Crippen molar-refractivity contribution in [3.8, 4) is 28.4 Å². The van der Waals surface area contributed by atoms with Crippen molar-refractivity contribution in [2.45, 2.75) is 0 Å². The van der Waals surface area contributed by atoms with E-state index in [0.29, 0.717) is 5.69 Å². The molecule has 0 aliphatic heterocycles. The maximum atomic E-state index is 10.1. The Morgan fingerprint density at radius 3 is 0.895 bits per heavy atom. The van der Waals surface area contributed by atoms with Gasteiger partial charge in [0.2, 0.25) is 5.69 Å². The van der Waals surface area contributed by atoms with Crippen molar-refractivity contribution >= 4 is 153 Å². The largest absolute Gasteiger partial charge is 0.317 e. The number of nitrogens with zero attached hydrogens (tertiary/aromatic N) is 7. The van der Waals surface area contributed by atoms with Gasteiger partial charge < -0.3 is 27.2 Å². The van der Waals surface area contributed by atoms with Crippen molar-refractivity contribution in [1.29, 1.82) is 0 Å². The van der Waals surface area contributed by atoms with Crippen molar-refractivity contribution in [3.05, 3.63) is 284 Å². The summed E-state index contributed by atoms with van der Waals surface area (Å²) in [6.45, 7) is 10.1. The smallest absolute Gasteiger partial charge is 0.238 e. The summed E-state index contributed by atoms with van der Waals surface area (Å²) >= 11 is 0. The molecule has 13 aromatic carbocycles. The molecule has 0 aliphatic rings. The first-order valence-electron chi connectivity index (χ1n) is 29.4. The van der Waals surface area contributed by atoms with E-state index in [4.69, 9.17) is 4.85 Å². The van der Waals surface area contributed by atoms with Gasteiger partial charge in [-0.3, -0.25) is 0 Å². The van der Waals surface area contributed by atoms with Crippen LogP contribution in [0.2, 0.25) is 0 Å². The number of fused-ring (bicyclic) bond motifs is 21. The molecule has 20 aromatic rings. The Balaban J connectivity index is 1.04. The van der Waals surface area contributed by atoms with Crippen molar-refractivity contribution in [2.75, 3.05) is 0 Å². The van der Waals surface area contributed by atoms with E-state index >= 15 is 0 Å². The number of benzene rings is 13. The minimum atomic E-state index is 0.550. The SMILES string of the molecule is [C-]#[N+]c1c(-n2c3ccccc3c3ccccc32)c(-n2c3ccc(-n4c5ccccc5c5ccccc54)cc3c3cc(-n4c5ccccc5c5ccccc54)ccc32)c2c3cccc4c5ccccc5n(c2c1-n1c2ccccc2c2ccccc21)c43. The van der Waals surface area contributed by atoms with E-state index in [1.165, 1.54) is 32.3 Å². The molecule has 0 fully saturated rings. The summed E-state index contributed by atoms with van der Waals surface area (Å²) in [4.78, 5) is 5.00. The fourth-order valence-corrected chi connectivity index (χ4v) is 15.6. The number of rotatable bonds is 5. The summed E-state index contributed by atoms with van der Waals surface area (Å²) < 4.78 is 14.7. The number of para-hydroxylation sites is 10. The Kier molecular flexibility index (Phi) is 8.86. The molecular formula is C79H45N7. The van der Waals surface area contributed by atoms with Gasteiger partial charge in [-0.05, 0) is 91.0 Å². The van der Waals surface area contributed by atoms with Gasteiger partial charge in [0.1, 0.15) is 0 Å². The first-order chi connectivity index (χ1) is 42.7. The lowest BCUT2D eigenvalue weighted by Crippen LogP contribution is -2.08. The Labute approximate surface area is 490 Å². The quantitative estimate of drug-likeness (QED) is 0.154. The Bertz CT molecular complexity index is 6030. The Morgan fingerprint density at radius 2 is 0.512 bits per heavy atom. The fraction of sp³-hybridized carbons (Fsp3) is 0. The predicted octanol–water partition coefficient (Wildman–Crippen LogP) is 20.9. The molecule has 0 saturated carbocycles. The third-order valence-electron chi connectivity index (χ3n) is 18.9. The number of hydrogen-bond acceptors (Lipinski definition) is 0. The molecule has 7 heteroatoms. The second kappa shape index (κ2) is 16.7. The number of aromatic nitrogens is 6. The average Bonchev–Trinajstić information content (AvgIpc) is 1.80. The zero-order chi connectivity index (χ0) is 56.0. The molecule has 0 N–H and O–H groups in total. The summed E-state index contributed by atoms with van der Waals surface area (Å²) in [6, 6.07) is 99.8. The van der Waals surface area contributed by atoms with Crippen LogP contribution in [-0.4, -0.2) is 27.2 Å². The monoisotopic (exact) mass is 1090 g/mol. The molecular weight excluding hydrogens is 1050 g/mol. The van der Waals surface area contributed by atoms with Gasteiger partial charge in [0.05, 0.1) is 95.4 Å². The van der Waals surface area contributed by atoms with Crippen LogP contribution in [0.3, 0.4) is 0 Å². The maximum absolute atomic E-state index is 10.1. The van der Waals surface area contributed by atoms with E-state index < -0.39 is 0 Å². The van der Waals surface area contributed by atoms with Gasteiger partial charge in [0.15, 0.2) is 0 Å². The zero-order valence-electron chi connectivity index (χ0n) is 46.1. The molecule has 7 heterocycles. The third-order valence-corrected chi connectivity index (χ3v) is 18.9. The van der Waals surface area contributed by atoms with Crippen LogP contribution < -0.4 is 0 Å². The van der Waals surface area contributed by atoms with Gasteiger partial charge in [-0.15, -0.1) is 0 Å². The van der Waals surface area contributed by atoms with E-state index in [1.54, 1.807) is 0 Å². The zero-order valence-corrected chi connectivity index (χ0v) is 46.1. The normalized spacial score (nSPS) is 12.4. The van der Waals surface area contributed by atoms with Gasteiger partial charge in [-0.2, -0.15) is 0 Å². The summed E-state index contributed by atoms with van der Waals surface area (Å²) in [5.41, 5.74) is 19.3. The predicted molar refractivity (Wildman–Crippen MR) is 359 cm³/mol. The molecule has 0 amide bonds. The lowest BCUT2D eigenvalue weighted by atomic mass is 10.0. The van der Waals surface area contributed by atoms with Crippen molar-refractivity contribution < 1.29 is 0 Å². The first-order valence-corrected chi connectivity index (χ1v) is 29.4. The molecule has 86 heavy (non-hydrogen) atoms. The van der Waals surface area contributed by atoms with Crippen LogP contribution in [0.5, 0.6) is 0 Å². The maximum Gasteiger partial charge on any atom is 0.238 e. The second-order valence-corrected chi connectivity index (χ2v) is 23.0. The number of hydrogen-bond donors (Lipinski definition) is 0. The van der Waals surface area contributed by atoms with Crippen LogP contribution in [0.1, 0.15) is 0 Å². The highest BCUT2D eigenvalue weighted by molar-refractivity contribution is 6.30. The van der Waals surface area contributed by atoms with Crippen LogP contribution >= 0.6 is 0 Å². The molecule has 0 atom stereocenters. The third kappa shape index (κ3) is 5.70. The van der Waals surface area contributed by atoms with E-state index in [-0.39, 0.29) is 0 Å². The van der Waals surface area contributed by atoms with Gasteiger partial charge in [-0.25, -0.2) is 4.85 Å². The highest BCUT2D eigenvalue weighted by atomic mass is 15.1. The molecule has 0 aliphatic carbocycles. The first kappa shape index (κ1) is 45.7. The van der Waals surface area contributed by atoms with Crippen molar-refractivity contribution in [1.82, 2.24) is 27.2 Å². The molecule has 20 rings (SSSR count). The van der Waals surface area contributed by atoms with E-state index in [1.807, 2.05) is 0 Å². The lowest BCUT2D eigenvalue weighted by Gasteiger charge is -2.24. The molecule has 0 spiro atoms. The lowest BCUT2D eigenvalue weighted by molar-refractivity contribution is 1.10. The van der Waals surface area contributed by atoms with E-state index in [9.17, 15) is 6.57 Å². The summed E-state index contributed by atoms with van der Waals surface area (Å²) in [5.74, 6) is 0. The molecule has 396 valence electrons. The summed E-state index contributed by atoms with van der Waals surface area (Å²) in [6.07, 6.45) is 0. The van der Waals surface area contributed by atoms with E-state index in [0.717, 1.165) is 143 Å².